The van der Waals surface area contributed by atoms with Gasteiger partial charge in [0.25, 0.3) is 0 Å². The van der Waals surface area contributed by atoms with E-state index in [9.17, 15) is 4.79 Å². The van der Waals surface area contributed by atoms with Crippen LogP contribution in [0.15, 0.2) is 36.5 Å². The van der Waals surface area contributed by atoms with Gasteiger partial charge in [0.15, 0.2) is 0 Å². The zero-order chi connectivity index (χ0) is 18.2. The standard InChI is InChI=1S/C21H30N4O/c1-17-15-23-20(25(17)19-11-7-2-3-8-12-19)13-14-22-21(26)24-16-18-9-5-4-6-10-18/h4-6,9-10,15,19H,2-3,7-8,11-14,16H2,1H3,(H2,22,24,26). The molecule has 1 aromatic heterocycles. The van der Waals surface area contributed by atoms with Crippen molar-refractivity contribution in [3.05, 3.63) is 53.6 Å². The van der Waals surface area contributed by atoms with Crippen molar-refractivity contribution in [3.8, 4) is 0 Å². The molecule has 2 aromatic rings. The Bertz CT molecular complexity index is 687. The number of imidazole rings is 1. The Balaban J connectivity index is 1.48. The molecule has 0 saturated heterocycles. The van der Waals surface area contributed by atoms with Crippen LogP contribution in [0.1, 0.15) is 61.6 Å². The lowest BCUT2D eigenvalue weighted by Crippen LogP contribution is -2.36. The van der Waals surface area contributed by atoms with Crippen molar-refractivity contribution in [2.45, 2.75) is 64.5 Å². The first-order chi connectivity index (χ1) is 12.7. The second-order valence-electron chi connectivity index (χ2n) is 7.18. The van der Waals surface area contributed by atoms with Crippen LogP contribution in [-0.4, -0.2) is 22.1 Å². The topological polar surface area (TPSA) is 59.0 Å². The van der Waals surface area contributed by atoms with Crippen molar-refractivity contribution < 1.29 is 4.79 Å². The van der Waals surface area contributed by atoms with Crippen molar-refractivity contribution >= 4 is 6.03 Å². The first-order valence-electron chi connectivity index (χ1n) is 9.82. The van der Waals surface area contributed by atoms with Gasteiger partial charge in [0, 0.05) is 37.4 Å². The summed E-state index contributed by atoms with van der Waals surface area (Å²) in [7, 11) is 0. The molecule has 0 radical (unpaired) electrons. The molecule has 26 heavy (non-hydrogen) atoms. The van der Waals surface area contributed by atoms with E-state index >= 15 is 0 Å². The van der Waals surface area contributed by atoms with E-state index in [0.717, 1.165) is 17.8 Å². The van der Waals surface area contributed by atoms with Crippen LogP contribution in [0.3, 0.4) is 0 Å². The second-order valence-corrected chi connectivity index (χ2v) is 7.18. The Morgan fingerprint density at radius 2 is 1.85 bits per heavy atom. The average molecular weight is 354 g/mol. The summed E-state index contributed by atoms with van der Waals surface area (Å²) in [6.07, 6.45) is 10.5. The third kappa shape index (κ3) is 5.10. The highest BCUT2D eigenvalue weighted by molar-refractivity contribution is 5.73. The van der Waals surface area contributed by atoms with Gasteiger partial charge in [-0.25, -0.2) is 9.78 Å². The lowest BCUT2D eigenvalue weighted by atomic mass is 10.1. The van der Waals surface area contributed by atoms with E-state index in [2.05, 4.69) is 27.1 Å². The van der Waals surface area contributed by atoms with Crippen LogP contribution < -0.4 is 10.6 Å². The van der Waals surface area contributed by atoms with E-state index in [4.69, 9.17) is 0 Å². The SMILES string of the molecule is Cc1cnc(CCNC(=O)NCc2ccccc2)n1C1CCCCCC1. The molecular weight excluding hydrogens is 324 g/mol. The molecule has 0 spiro atoms. The fourth-order valence-corrected chi connectivity index (χ4v) is 3.82. The average Bonchev–Trinajstić information content (AvgIpc) is 2.86. The van der Waals surface area contributed by atoms with Crippen LogP contribution in [0, 0.1) is 6.92 Å². The molecule has 1 aliphatic carbocycles. The molecule has 0 atom stereocenters. The molecule has 1 heterocycles. The van der Waals surface area contributed by atoms with Crippen molar-refractivity contribution in [2.24, 2.45) is 0 Å². The number of hydrogen-bond donors (Lipinski definition) is 2. The highest BCUT2D eigenvalue weighted by atomic mass is 16.2. The first-order valence-corrected chi connectivity index (χ1v) is 9.82. The van der Waals surface area contributed by atoms with Crippen LogP contribution in [-0.2, 0) is 13.0 Å². The number of amides is 2. The van der Waals surface area contributed by atoms with Gasteiger partial charge in [0.05, 0.1) is 0 Å². The van der Waals surface area contributed by atoms with Crippen molar-refractivity contribution in [1.82, 2.24) is 20.2 Å². The number of aromatic nitrogens is 2. The maximum atomic E-state index is 12.0. The molecule has 3 rings (SSSR count). The number of aryl methyl sites for hydroxylation is 1. The number of nitrogens with zero attached hydrogens (tertiary/aromatic N) is 2. The van der Waals surface area contributed by atoms with E-state index in [0.29, 0.717) is 19.1 Å². The molecule has 1 aromatic carbocycles. The molecule has 1 saturated carbocycles. The van der Waals surface area contributed by atoms with Gasteiger partial charge in [0.2, 0.25) is 0 Å². The summed E-state index contributed by atoms with van der Waals surface area (Å²) >= 11 is 0. The number of carbonyl (C=O) groups excluding carboxylic acids is 1. The molecule has 0 aliphatic heterocycles. The highest BCUT2D eigenvalue weighted by Gasteiger charge is 2.19. The highest BCUT2D eigenvalue weighted by Crippen LogP contribution is 2.29. The fourth-order valence-electron chi connectivity index (χ4n) is 3.82. The lowest BCUT2D eigenvalue weighted by Gasteiger charge is -2.21. The Morgan fingerprint density at radius 3 is 2.58 bits per heavy atom. The number of hydrogen-bond acceptors (Lipinski definition) is 2. The number of rotatable bonds is 6. The fraction of sp³-hybridized carbons (Fsp3) is 0.524. The maximum absolute atomic E-state index is 12.0. The van der Waals surface area contributed by atoms with Gasteiger partial charge in [-0.2, -0.15) is 0 Å². The van der Waals surface area contributed by atoms with Crippen molar-refractivity contribution in [2.75, 3.05) is 6.54 Å². The quantitative estimate of drug-likeness (QED) is 0.766. The molecule has 0 bridgehead atoms. The van der Waals surface area contributed by atoms with E-state index in [-0.39, 0.29) is 6.03 Å². The molecule has 2 amide bonds. The van der Waals surface area contributed by atoms with E-state index in [1.165, 1.54) is 44.2 Å². The van der Waals surface area contributed by atoms with Gasteiger partial charge in [-0.05, 0) is 25.3 Å². The first kappa shape index (κ1) is 18.5. The van der Waals surface area contributed by atoms with Gasteiger partial charge in [-0.1, -0.05) is 56.0 Å². The molecular formula is C21H30N4O. The van der Waals surface area contributed by atoms with Crippen LogP contribution in [0.2, 0.25) is 0 Å². The van der Waals surface area contributed by atoms with Gasteiger partial charge in [0.1, 0.15) is 5.82 Å². The van der Waals surface area contributed by atoms with E-state index in [1.807, 2.05) is 36.5 Å². The summed E-state index contributed by atoms with van der Waals surface area (Å²) in [5.74, 6) is 1.10. The number of nitrogens with one attached hydrogen (secondary N) is 2. The van der Waals surface area contributed by atoms with E-state index < -0.39 is 0 Å². The summed E-state index contributed by atoms with van der Waals surface area (Å²) in [4.78, 5) is 16.6. The van der Waals surface area contributed by atoms with Gasteiger partial charge in [-0.3, -0.25) is 0 Å². The Morgan fingerprint density at radius 1 is 1.12 bits per heavy atom. The monoisotopic (exact) mass is 354 g/mol. The zero-order valence-electron chi connectivity index (χ0n) is 15.7. The number of carbonyl (C=O) groups is 1. The normalized spacial score (nSPS) is 15.4. The molecule has 1 aliphatic rings. The second kappa shape index (κ2) is 9.41. The predicted molar refractivity (Wildman–Crippen MR) is 104 cm³/mol. The maximum Gasteiger partial charge on any atom is 0.315 e. The summed E-state index contributed by atoms with van der Waals surface area (Å²) in [6, 6.07) is 10.4. The molecule has 1 fully saturated rings. The smallest absolute Gasteiger partial charge is 0.315 e. The molecule has 5 nitrogen and oxygen atoms in total. The van der Waals surface area contributed by atoms with Gasteiger partial charge >= 0.3 is 6.03 Å². The van der Waals surface area contributed by atoms with Crippen LogP contribution >= 0.6 is 0 Å². The minimum absolute atomic E-state index is 0.127. The Labute approximate surface area is 156 Å². The molecule has 140 valence electrons. The molecule has 2 N–H and O–H groups in total. The van der Waals surface area contributed by atoms with Crippen LogP contribution in [0.4, 0.5) is 4.79 Å². The summed E-state index contributed by atoms with van der Waals surface area (Å²) in [6.45, 7) is 3.29. The number of benzene rings is 1. The van der Waals surface area contributed by atoms with Crippen molar-refractivity contribution in [3.63, 3.8) is 0 Å². The van der Waals surface area contributed by atoms with Crippen molar-refractivity contribution in [1.29, 1.82) is 0 Å². The van der Waals surface area contributed by atoms with Gasteiger partial charge < -0.3 is 15.2 Å². The lowest BCUT2D eigenvalue weighted by molar-refractivity contribution is 0.240. The van der Waals surface area contributed by atoms with E-state index in [1.54, 1.807) is 0 Å². The number of urea groups is 1. The minimum Gasteiger partial charge on any atom is -0.338 e. The Kier molecular flexibility index (Phi) is 6.69. The third-order valence-electron chi connectivity index (χ3n) is 5.18. The summed E-state index contributed by atoms with van der Waals surface area (Å²) in [5.41, 5.74) is 2.34. The summed E-state index contributed by atoms with van der Waals surface area (Å²) in [5, 5.41) is 5.85. The van der Waals surface area contributed by atoms with Crippen LogP contribution in [0.25, 0.3) is 0 Å². The molecule has 5 heteroatoms. The molecule has 0 unspecified atom stereocenters. The largest absolute Gasteiger partial charge is 0.338 e. The zero-order valence-corrected chi connectivity index (χ0v) is 15.7. The summed E-state index contributed by atoms with van der Waals surface area (Å²) < 4.78 is 2.41. The Hall–Kier alpha value is -2.30. The van der Waals surface area contributed by atoms with Crippen LogP contribution in [0.5, 0.6) is 0 Å². The predicted octanol–water partition coefficient (Wildman–Crippen LogP) is 4.13. The minimum atomic E-state index is -0.127. The van der Waals surface area contributed by atoms with Gasteiger partial charge in [-0.15, -0.1) is 0 Å². The third-order valence-corrected chi connectivity index (χ3v) is 5.18.